The molecule has 9 heteroatoms. The topological polar surface area (TPSA) is 36.1 Å². The number of amides is 1. The molecule has 0 aliphatic heterocycles. The van der Waals surface area contributed by atoms with Crippen molar-refractivity contribution in [3.63, 3.8) is 0 Å². The fourth-order valence-electron chi connectivity index (χ4n) is 3.98. The molecule has 0 aliphatic carbocycles. The lowest BCUT2D eigenvalue weighted by atomic mass is 9.95. The molecule has 2 heterocycles. The molecule has 0 bridgehead atoms. The SMILES string of the molecule is CC(C)(C)c1ccc(CN(CCc2cccc(C(F)(F)F)c2)C(=O)c2c(F)c(Cl)cc3cc[nH]c23)s1. The van der Waals surface area contributed by atoms with E-state index in [4.69, 9.17) is 11.6 Å². The van der Waals surface area contributed by atoms with E-state index in [9.17, 15) is 18.0 Å². The van der Waals surface area contributed by atoms with Gasteiger partial charge in [0, 0.05) is 27.9 Å². The standard InChI is InChI=1S/C27H25ClF4N2OS/c1-26(2,3)21-8-7-19(36-21)15-34(12-10-16-5-4-6-18(13-16)27(30,31)32)25(35)22-23(29)20(28)14-17-9-11-33-24(17)22/h4-9,11,13-14,33H,10,12,15H2,1-3H3. The van der Waals surface area contributed by atoms with E-state index in [1.54, 1.807) is 29.7 Å². The molecule has 0 spiro atoms. The van der Waals surface area contributed by atoms with Crippen LogP contribution in [0.1, 0.15) is 52.0 Å². The maximum atomic E-state index is 15.1. The van der Waals surface area contributed by atoms with Crippen LogP contribution in [0.2, 0.25) is 5.02 Å². The van der Waals surface area contributed by atoms with Crippen LogP contribution in [0.5, 0.6) is 0 Å². The Morgan fingerprint density at radius 1 is 1.08 bits per heavy atom. The van der Waals surface area contributed by atoms with Gasteiger partial charge in [0.25, 0.3) is 5.91 Å². The Hall–Kier alpha value is -2.84. The van der Waals surface area contributed by atoms with Gasteiger partial charge in [-0.2, -0.15) is 13.2 Å². The summed E-state index contributed by atoms with van der Waals surface area (Å²) in [6, 6.07) is 12.1. The maximum Gasteiger partial charge on any atom is 0.416 e. The van der Waals surface area contributed by atoms with Crippen molar-refractivity contribution in [1.29, 1.82) is 0 Å². The first kappa shape index (κ1) is 26.2. The van der Waals surface area contributed by atoms with E-state index in [-0.39, 0.29) is 35.5 Å². The van der Waals surface area contributed by atoms with E-state index >= 15 is 4.39 Å². The van der Waals surface area contributed by atoms with Crippen LogP contribution >= 0.6 is 22.9 Å². The molecular weight excluding hydrogens is 512 g/mol. The van der Waals surface area contributed by atoms with Crippen LogP contribution in [0.15, 0.2) is 54.7 Å². The van der Waals surface area contributed by atoms with E-state index in [1.807, 2.05) is 12.1 Å². The van der Waals surface area contributed by atoms with E-state index in [1.165, 1.54) is 17.0 Å². The number of nitrogens with one attached hydrogen (secondary N) is 1. The molecule has 0 atom stereocenters. The summed E-state index contributed by atoms with van der Waals surface area (Å²) in [7, 11) is 0. The number of aromatic nitrogens is 1. The summed E-state index contributed by atoms with van der Waals surface area (Å²) in [6.07, 6.45) is -2.70. The summed E-state index contributed by atoms with van der Waals surface area (Å²) in [5, 5.41) is 0.420. The third-order valence-electron chi connectivity index (χ3n) is 5.91. The number of benzene rings is 2. The second-order valence-electron chi connectivity index (χ2n) is 9.68. The Morgan fingerprint density at radius 2 is 1.83 bits per heavy atom. The van der Waals surface area contributed by atoms with Crippen molar-refractivity contribution < 1.29 is 22.4 Å². The van der Waals surface area contributed by atoms with Gasteiger partial charge >= 0.3 is 6.18 Å². The third kappa shape index (κ3) is 5.60. The maximum absolute atomic E-state index is 15.1. The molecule has 2 aromatic heterocycles. The van der Waals surface area contributed by atoms with Crippen molar-refractivity contribution in [3.05, 3.63) is 92.0 Å². The van der Waals surface area contributed by atoms with Crippen LogP contribution in [0.25, 0.3) is 10.9 Å². The summed E-state index contributed by atoms with van der Waals surface area (Å²) < 4.78 is 54.7. The molecule has 1 N–H and O–H groups in total. The molecule has 36 heavy (non-hydrogen) atoms. The zero-order valence-corrected chi connectivity index (χ0v) is 21.5. The van der Waals surface area contributed by atoms with Gasteiger partial charge in [-0.05, 0) is 47.7 Å². The fourth-order valence-corrected chi connectivity index (χ4v) is 5.27. The molecule has 0 saturated heterocycles. The Morgan fingerprint density at radius 3 is 2.50 bits per heavy atom. The quantitative estimate of drug-likeness (QED) is 0.248. The minimum atomic E-state index is -4.46. The number of rotatable bonds is 6. The van der Waals surface area contributed by atoms with Gasteiger partial charge in [0.1, 0.15) is 5.56 Å². The first-order chi connectivity index (χ1) is 16.8. The molecule has 0 radical (unpaired) electrons. The van der Waals surface area contributed by atoms with Gasteiger partial charge in [-0.1, -0.05) is 50.6 Å². The number of aromatic amines is 1. The minimum absolute atomic E-state index is 0.0781. The zero-order valence-electron chi connectivity index (χ0n) is 20.0. The second kappa shape index (κ2) is 9.90. The number of nitrogens with zero attached hydrogens (tertiary/aromatic N) is 1. The summed E-state index contributed by atoms with van der Waals surface area (Å²) in [5.74, 6) is -1.41. The highest BCUT2D eigenvalue weighted by atomic mass is 35.5. The highest BCUT2D eigenvalue weighted by molar-refractivity contribution is 7.12. The van der Waals surface area contributed by atoms with Crippen LogP contribution in [0.4, 0.5) is 17.6 Å². The van der Waals surface area contributed by atoms with Crippen LogP contribution in [-0.4, -0.2) is 22.3 Å². The van der Waals surface area contributed by atoms with Crippen LogP contribution in [0.3, 0.4) is 0 Å². The molecule has 0 saturated carbocycles. The normalized spacial score (nSPS) is 12.3. The van der Waals surface area contributed by atoms with Gasteiger partial charge in [-0.3, -0.25) is 4.79 Å². The highest BCUT2D eigenvalue weighted by Crippen LogP contribution is 2.33. The number of hydrogen-bond donors (Lipinski definition) is 1. The van der Waals surface area contributed by atoms with Crippen molar-refractivity contribution in [2.75, 3.05) is 6.54 Å². The molecule has 0 fully saturated rings. The van der Waals surface area contributed by atoms with Crippen molar-refractivity contribution in [1.82, 2.24) is 9.88 Å². The van der Waals surface area contributed by atoms with E-state index in [0.717, 1.165) is 21.9 Å². The molecule has 3 nitrogen and oxygen atoms in total. The minimum Gasteiger partial charge on any atom is -0.360 e. The average Bonchev–Trinajstić information content (AvgIpc) is 3.46. The lowest BCUT2D eigenvalue weighted by Gasteiger charge is -2.24. The number of halogens is 5. The summed E-state index contributed by atoms with van der Waals surface area (Å²) >= 11 is 7.63. The Labute approximate surface area is 215 Å². The number of H-pyrrole nitrogens is 1. The summed E-state index contributed by atoms with van der Waals surface area (Å²) in [4.78, 5) is 20.1. The van der Waals surface area contributed by atoms with Gasteiger partial charge in [-0.15, -0.1) is 11.3 Å². The van der Waals surface area contributed by atoms with Gasteiger partial charge in [0.05, 0.1) is 22.6 Å². The molecule has 0 unspecified atom stereocenters. The number of hydrogen-bond acceptors (Lipinski definition) is 2. The zero-order chi connectivity index (χ0) is 26.3. The van der Waals surface area contributed by atoms with Crippen molar-refractivity contribution in [3.8, 4) is 0 Å². The van der Waals surface area contributed by atoms with Crippen molar-refractivity contribution >= 4 is 39.7 Å². The smallest absolute Gasteiger partial charge is 0.360 e. The van der Waals surface area contributed by atoms with Crippen LogP contribution in [0, 0.1) is 5.82 Å². The first-order valence-electron chi connectivity index (χ1n) is 11.3. The van der Waals surface area contributed by atoms with Gasteiger partial charge in [-0.25, -0.2) is 4.39 Å². The average molecular weight is 537 g/mol. The molecule has 4 rings (SSSR count). The number of carbonyl (C=O) groups excluding carboxylic acids is 1. The third-order valence-corrected chi connectivity index (χ3v) is 7.68. The molecule has 4 aromatic rings. The predicted molar refractivity (Wildman–Crippen MR) is 136 cm³/mol. The first-order valence-corrected chi connectivity index (χ1v) is 12.5. The number of alkyl halides is 3. The summed E-state index contributed by atoms with van der Waals surface area (Å²) in [5.41, 5.74) is -0.252. The van der Waals surface area contributed by atoms with Crippen LogP contribution < -0.4 is 0 Å². The second-order valence-corrected chi connectivity index (χ2v) is 11.3. The Balaban J connectivity index is 1.68. The molecule has 190 valence electrons. The Bertz CT molecular complexity index is 1400. The predicted octanol–water partition coefficient (Wildman–Crippen LogP) is 8.22. The number of fused-ring (bicyclic) bond motifs is 1. The summed E-state index contributed by atoms with van der Waals surface area (Å²) in [6.45, 7) is 6.54. The van der Waals surface area contributed by atoms with Gasteiger partial charge < -0.3 is 9.88 Å². The van der Waals surface area contributed by atoms with Crippen LogP contribution in [-0.2, 0) is 24.6 Å². The van der Waals surface area contributed by atoms with Gasteiger partial charge in [0.15, 0.2) is 5.82 Å². The Kier molecular flexibility index (Phi) is 7.21. The molecular formula is C27H25ClF4N2OS. The molecule has 0 aliphatic rings. The molecule has 2 aromatic carbocycles. The fraction of sp³-hybridized carbons (Fsp3) is 0.296. The van der Waals surface area contributed by atoms with Crippen molar-refractivity contribution in [2.45, 2.75) is 45.3 Å². The lowest BCUT2D eigenvalue weighted by Crippen LogP contribution is -2.33. The van der Waals surface area contributed by atoms with Crippen molar-refractivity contribution in [2.24, 2.45) is 0 Å². The number of carbonyl (C=O) groups is 1. The monoisotopic (exact) mass is 536 g/mol. The number of thiophene rings is 1. The van der Waals surface area contributed by atoms with E-state index in [0.29, 0.717) is 16.5 Å². The lowest BCUT2D eigenvalue weighted by molar-refractivity contribution is -0.137. The van der Waals surface area contributed by atoms with E-state index in [2.05, 4.69) is 25.8 Å². The highest BCUT2D eigenvalue weighted by Gasteiger charge is 2.31. The molecule has 1 amide bonds. The van der Waals surface area contributed by atoms with E-state index < -0.39 is 23.5 Å². The largest absolute Gasteiger partial charge is 0.416 e. The van der Waals surface area contributed by atoms with Gasteiger partial charge in [0.2, 0.25) is 0 Å².